The highest BCUT2D eigenvalue weighted by atomic mass is 16.7. The molecule has 0 saturated carbocycles. The van der Waals surface area contributed by atoms with Gasteiger partial charge in [-0.2, -0.15) is 0 Å². The highest BCUT2D eigenvalue weighted by molar-refractivity contribution is 5.71. The first-order valence-corrected chi connectivity index (χ1v) is 37.4. The van der Waals surface area contributed by atoms with Crippen molar-refractivity contribution >= 4 is 17.9 Å². The zero-order chi connectivity index (χ0) is 64.7. The van der Waals surface area contributed by atoms with E-state index < -0.39 is 24.3 Å². The van der Waals surface area contributed by atoms with Crippen LogP contribution in [-0.2, 0) is 33.3 Å². The second-order valence-corrected chi connectivity index (χ2v) is 26.2. The number of carbonyl (C=O) groups is 3. The second kappa shape index (κ2) is 70.1. The summed E-state index contributed by atoms with van der Waals surface area (Å²) in [7, 11) is 5.99. The number of carboxylic acids is 1. The number of hydrogen-bond donors (Lipinski definition) is 1. The van der Waals surface area contributed by atoms with Crippen molar-refractivity contribution in [3.05, 3.63) is 97.2 Å². The van der Waals surface area contributed by atoms with Crippen LogP contribution >= 0.6 is 0 Å². The number of allylic oxidation sites excluding steroid dienone is 16. The molecule has 0 aliphatic heterocycles. The van der Waals surface area contributed by atoms with E-state index in [4.69, 9.17) is 18.9 Å². The van der Waals surface area contributed by atoms with Gasteiger partial charge in [-0.1, -0.05) is 323 Å². The van der Waals surface area contributed by atoms with Gasteiger partial charge in [0.1, 0.15) is 13.2 Å². The van der Waals surface area contributed by atoms with Gasteiger partial charge in [-0.15, -0.1) is 0 Å². The predicted octanol–water partition coefficient (Wildman–Crippen LogP) is 23.6. The van der Waals surface area contributed by atoms with Crippen LogP contribution in [-0.4, -0.2) is 87.4 Å². The highest BCUT2D eigenvalue weighted by Gasteiger charge is 2.25. The Balaban J connectivity index is 4.06. The Labute approximate surface area is 550 Å². The maximum absolute atomic E-state index is 13.0. The van der Waals surface area contributed by atoms with E-state index >= 15 is 0 Å². The van der Waals surface area contributed by atoms with Gasteiger partial charge < -0.3 is 28.5 Å². The van der Waals surface area contributed by atoms with Gasteiger partial charge in [0.15, 0.2) is 6.10 Å². The van der Waals surface area contributed by atoms with E-state index in [9.17, 15) is 19.5 Å². The number of hydrogen-bond acceptors (Lipinski definition) is 7. The minimum atomic E-state index is -1.51. The number of aliphatic carboxylic acids is 1. The van der Waals surface area contributed by atoms with E-state index in [0.29, 0.717) is 17.4 Å². The molecule has 0 amide bonds. The molecule has 0 aromatic rings. The molecular formula is C80H142NO8+. The first-order valence-electron chi connectivity index (χ1n) is 37.4. The summed E-state index contributed by atoms with van der Waals surface area (Å²) in [6, 6.07) is 0. The van der Waals surface area contributed by atoms with Gasteiger partial charge in [0, 0.05) is 12.8 Å². The van der Waals surface area contributed by atoms with Crippen LogP contribution in [0.15, 0.2) is 97.2 Å². The lowest BCUT2D eigenvalue weighted by molar-refractivity contribution is -0.870. The molecule has 9 nitrogen and oxygen atoms in total. The molecule has 0 aromatic carbocycles. The Kier molecular flexibility index (Phi) is 67.1. The van der Waals surface area contributed by atoms with Crippen molar-refractivity contribution in [1.82, 2.24) is 0 Å². The molecule has 0 aromatic heterocycles. The lowest BCUT2D eigenvalue weighted by atomic mass is 10.0. The number of unbranched alkanes of at least 4 members (excludes halogenated alkanes) is 38. The molecule has 0 aliphatic carbocycles. The molecule has 9 heteroatoms. The average Bonchev–Trinajstić information content (AvgIpc) is 3.64. The second-order valence-electron chi connectivity index (χ2n) is 26.2. The van der Waals surface area contributed by atoms with E-state index in [1.165, 1.54) is 225 Å². The monoisotopic (exact) mass is 1250 g/mol. The van der Waals surface area contributed by atoms with Crippen LogP contribution in [0, 0.1) is 0 Å². The van der Waals surface area contributed by atoms with Crippen LogP contribution in [0.5, 0.6) is 0 Å². The van der Waals surface area contributed by atoms with Gasteiger partial charge >= 0.3 is 17.9 Å². The van der Waals surface area contributed by atoms with Gasteiger partial charge in [-0.05, 0) is 96.3 Å². The van der Waals surface area contributed by atoms with E-state index in [1.54, 1.807) is 0 Å². The first kappa shape index (κ1) is 85.2. The highest BCUT2D eigenvalue weighted by Crippen LogP contribution is 2.18. The maximum Gasteiger partial charge on any atom is 0.361 e. The van der Waals surface area contributed by atoms with Crippen LogP contribution in [0.25, 0.3) is 0 Å². The largest absolute Gasteiger partial charge is 0.477 e. The van der Waals surface area contributed by atoms with Crippen molar-refractivity contribution in [2.24, 2.45) is 0 Å². The Morgan fingerprint density at radius 2 is 0.640 bits per heavy atom. The SMILES string of the molecule is CC/C=C\C/C=C\C/C=C\C/C=C\C/C=C\CCCCCCCCCCCCCCCCCCCCCC(=O)OC(COC(=O)CCCCCCCCCCCCCCCC/C=C\C/C=C\C/C=C\CCCCCCC)COC(OCC[N+](C)(C)C)C(=O)O. The number of esters is 2. The van der Waals surface area contributed by atoms with E-state index in [1.807, 2.05) is 21.1 Å². The minimum Gasteiger partial charge on any atom is -0.477 e. The fourth-order valence-electron chi connectivity index (χ4n) is 10.6. The Morgan fingerprint density at radius 3 is 0.955 bits per heavy atom. The van der Waals surface area contributed by atoms with Crippen LogP contribution < -0.4 is 0 Å². The normalized spacial score (nSPS) is 13.2. The fraction of sp³-hybridized carbons (Fsp3) is 0.762. The topological polar surface area (TPSA) is 108 Å². The number of quaternary nitrogens is 1. The molecule has 0 spiro atoms. The van der Waals surface area contributed by atoms with Crippen molar-refractivity contribution in [3.8, 4) is 0 Å². The molecule has 2 unspecified atom stereocenters. The summed E-state index contributed by atoms with van der Waals surface area (Å²) in [4.78, 5) is 37.7. The zero-order valence-corrected chi connectivity index (χ0v) is 58.8. The van der Waals surface area contributed by atoms with Crippen molar-refractivity contribution < 1.29 is 42.9 Å². The van der Waals surface area contributed by atoms with Gasteiger partial charge in [-0.3, -0.25) is 9.59 Å². The number of likely N-dealkylation sites (N-methyl/N-ethyl adjacent to an activating group) is 1. The molecule has 0 rings (SSSR count). The van der Waals surface area contributed by atoms with E-state index in [0.717, 1.165) is 83.5 Å². The summed E-state index contributed by atoms with van der Waals surface area (Å²) >= 11 is 0. The van der Waals surface area contributed by atoms with Gasteiger partial charge in [0.2, 0.25) is 0 Å². The van der Waals surface area contributed by atoms with Gasteiger partial charge in [0.25, 0.3) is 6.29 Å². The van der Waals surface area contributed by atoms with Crippen LogP contribution in [0.2, 0.25) is 0 Å². The molecule has 0 fully saturated rings. The number of carbonyl (C=O) groups excluding carboxylic acids is 2. The predicted molar refractivity (Wildman–Crippen MR) is 382 cm³/mol. The quantitative estimate of drug-likeness (QED) is 0.0211. The Morgan fingerprint density at radius 1 is 0.348 bits per heavy atom. The van der Waals surface area contributed by atoms with E-state index in [-0.39, 0.29) is 32.2 Å². The standard InChI is InChI=1S/C80H141NO8/c1-6-8-10-12-14-16-18-20-22-24-26-28-30-32-34-36-37-38-39-40-41-43-45-47-49-51-53-55-57-59-61-63-65-67-69-71-78(83)89-76(75-88-80(79(84)85)86-73-72-81(3,4)5)74-87-77(82)70-68-66-64-62-60-58-56-54-52-50-48-46-44-42-35-33-31-29-27-25-23-21-19-17-15-13-11-9-7-2/h8,10,14,16,19-22,25-28,31-34,76,80H,6-7,9,11-13,15,17-18,23-24,29-30,35-75H2,1-5H3/p+1/b10-8-,16-14-,21-19-,22-20-,27-25-,28-26-,33-31-,34-32-. The lowest BCUT2D eigenvalue weighted by Crippen LogP contribution is -2.40. The number of rotatable bonds is 69. The van der Waals surface area contributed by atoms with Crippen LogP contribution in [0.3, 0.4) is 0 Å². The first-order chi connectivity index (χ1) is 43.6. The van der Waals surface area contributed by atoms with Gasteiger partial charge in [0.05, 0.1) is 34.4 Å². The molecular weight excluding hydrogens is 1100 g/mol. The third-order valence-corrected chi connectivity index (χ3v) is 16.3. The molecule has 0 heterocycles. The van der Waals surface area contributed by atoms with Crippen molar-refractivity contribution in [1.29, 1.82) is 0 Å². The molecule has 0 saturated heterocycles. The molecule has 0 bridgehead atoms. The summed E-state index contributed by atoms with van der Waals surface area (Å²) in [5, 5.41) is 9.76. The Bertz CT molecular complexity index is 1790. The smallest absolute Gasteiger partial charge is 0.361 e. The molecule has 0 radical (unpaired) electrons. The molecule has 514 valence electrons. The zero-order valence-electron chi connectivity index (χ0n) is 58.8. The summed E-state index contributed by atoms with van der Waals surface area (Å²) in [5.41, 5.74) is 0. The third-order valence-electron chi connectivity index (χ3n) is 16.3. The van der Waals surface area contributed by atoms with Gasteiger partial charge in [-0.25, -0.2) is 4.79 Å². The molecule has 89 heavy (non-hydrogen) atoms. The molecule has 2 atom stereocenters. The third kappa shape index (κ3) is 71.5. The summed E-state index contributed by atoms with van der Waals surface area (Å²) in [6.07, 6.45) is 93.9. The maximum atomic E-state index is 13.0. The van der Waals surface area contributed by atoms with E-state index in [2.05, 4.69) is 111 Å². The number of nitrogens with zero attached hydrogens (tertiary/aromatic N) is 1. The number of carboxylic acid groups (broad SMARTS) is 1. The van der Waals surface area contributed by atoms with Crippen LogP contribution in [0.4, 0.5) is 0 Å². The van der Waals surface area contributed by atoms with Crippen LogP contribution in [0.1, 0.15) is 335 Å². The fourth-order valence-corrected chi connectivity index (χ4v) is 10.6. The summed E-state index contributed by atoms with van der Waals surface area (Å²) in [5.74, 6) is -1.99. The summed E-state index contributed by atoms with van der Waals surface area (Å²) in [6.45, 7) is 4.79. The Hall–Kier alpha value is -3.79. The molecule has 1 N–H and O–H groups in total. The van der Waals surface area contributed by atoms with Crippen molar-refractivity contribution in [2.75, 3.05) is 47.5 Å². The minimum absolute atomic E-state index is 0.182. The molecule has 0 aliphatic rings. The summed E-state index contributed by atoms with van der Waals surface area (Å²) < 4.78 is 23.0. The average molecular weight is 1250 g/mol. The lowest BCUT2D eigenvalue weighted by Gasteiger charge is -2.25. The number of ether oxygens (including phenoxy) is 4. The van der Waals surface area contributed by atoms with Crippen molar-refractivity contribution in [2.45, 2.75) is 347 Å². The van der Waals surface area contributed by atoms with Crippen molar-refractivity contribution in [3.63, 3.8) is 0 Å².